The third-order valence-corrected chi connectivity index (χ3v) is 4.32. The first-order chi connectivity index (χ1) is 10.3. The molecule has 0 radical (unpaired) electrons. The maximum absolute atomic E-state index is 12.2. The number of para-hydroxylation sites is 3. The number of nitrogens with zero attached hydrogens (tertiary/aromatic N) is 3. The average Bonchev–Trinajstić information content (AvgIpc) is 3.07. The molecule has 5 nitrogen and oxygen atoms in total. The Kier molecular flexibility index (Phi) is 1.89. The van der Waals surface area contributed by atoms with E-state index in [2.05, 4.69) is 27.2 Å². The van der Waals surface area contributed by atoms with E-state index in [0.29, 0.717) is 5.82 Å². The number of H-pyrrole nitrogens is 1. The summed E-state index contributed by atoms with van der Waals surface area (Å²) in [6.45, 7) is 0.937. The minimum Gasteiger partial charge on any atom is -0.339 e. The molecule has 0 bridgehead atoms. The van der Waals surface area contributed by atoms with Crippen LogP contribution in [0.2, 0.25) is 0 Å². The molecule has 2 aromatic carbocycles. The van der Waals surface area contributed by atoms with Crippen LogP contribution in [-0.4, -0.2) is 21.3 Å². The number of rotatable bonds is 0. The van der Waals surface area contributed by atoms with Crippen LogP contribution < -0.4 is 10.6 Å². The third kappa shape index (κ3) is 1.25. The Balaban J connectivity index is 2.01. The minimum atomic E-state index is -0.198. The van der Waals surface area contributed by atoms with Crippen LogP contribution >= 0.6 is 0 Å². The molecule has 0 spiro atoms. The van der Waals surface area contributed by atoms with Gasteiger partial charge in [-0.1, -0.05) is 24.3 Å². The first kappa shape index (κ1) is 10.9. The largest absolute Gasteiger partial charge is 0.348 e. The fraction of sp³-hybridized carbons (Fsp3) is 0.125. The van der Waals surface area contributed by atoms with Crippen LogP contribution in [0.25, 0.3) is 17.1 Å². The van der Waals surface area contributed by atoms with Crippen molar-refractivity contribution in [1.82, 2.24) is 14.8 Å². The quantitative estimate of drug-likeness (QED) is 0.685. The van der Waals surface area contributed by atoms with Crippen molar-refractivity contribution >= 4 is 11.4 Å². The van der Waals surface area contributed by atoms with Crippen molar-refractivity contribution in [2.45, 2.75) is 6.42 Å². The number of hydrogen-bond donors (Lipinski definition) is 1. The second-order valence-corrected chi connectivity index (χ2v) is 5.39. The highest BCUT2D eigenvalue weighted by atomic mass is 16.1. The Morgan fingerprint density at radius 1 is 1.05 bits per heavy atom. The molecule has 2 aliphatic heterocycles. The van der Waals surface area contributed by atoms with Crippen LogP contribution in [0.3, 0.4) is 0 Å². The Morgan fingerprint density at radius 2 is 1.90 bits per heavy atom. The number of hydrogen-bond acceptors (Lipinski definition) is 3. The summed E-state index contributed by atoms with van der Waals surface area (Å²) in [7, 11) is 0. The maximum Gasteiger partial charge on any atom is 0.348 e. The highest BCUT2D eigenvalue weighted by Crippen LogP contribution is 2.45. The Bertz CT molecular complexity index is 937. The van der Waals surface area contributed by atoms with Gasteiger partial charge in [-0.2, -0.15) is 5.10 Å². The van der Waals surface area contributed by atoms with Crippen molar-refractivity contribution in [3.63, 3.8) is 0 Å². The van der Waals surface area contributed by atoms with Crippen molar-refractivity contribution in [1.29, 1.82) is 0 Å². The average molecular weight is 276 g/mol. The van der Waals surface area contributed by atoms with Gasteiger partial charge >= 0.3 is 5.69 Å². The van der Waals surface area contributed by atoms with Crippen LogP contribution in [0.5, 0.6) is 0 Å². The number of benzene rings is 2. The number of aromatic amines is 1. The topological polar surface area (TPSA) is 53.9 Å². The molecule has 3 heterocycles. The molecule has 0 saturated carbocycles. The molecule has 0 unspecified atom stereocenters. The molecule has 0 amide bonds. The molecule has 2 aliphatic rings. The summed E-state index contributed by atoms with van der Waals surface area (Å²) >= 11 is 0. The van der Waals surface area contributed by atoms with E-state index >= 15 is 0 Å². The van der Waals surface area contributed by atoms with Crippen LogP contribution in [-0.2, 0) is 6.42 Å². The van der Waals surface area contributed by atoms with Gasteiger partial charge in [0.05, 0.1) is 17.1 Å². The number of nitrogens with one attached hydrogen (secondary N) is 1. The van der Waals surface area contributed by atoms with E-state index in [0.717, 1.165) is 29.9 Å². The predicted octanol–water partition coefficient (Wildman–Crippen LogP) is 2.24. The molecule has 102 valence electrons. The molecule has 1 N–H and O–H groups in total. The van der Waals surface area contributed by atoms with Crippen molar-refractivity contribution in [3.05, 3.63) is 58.5 Å². The van der Waals surface area contributed by atoms with Gasteiger partial charge in [-0.15, -0.1) is 0 Å². The zero-order valence-corrected chi connectivity index (χ0v) is 11.2. The summed E-state index contributed by atoms with van der Waals surface area (Å²) in [5, 5.41) is 6.84. The first-order valence-electron chi connectivity index (χ1n) is 7.01. The maximum atomic E-state index is 12.2. The van der Waals surface area contributed by atoms with E-state index in [1.807, 2.05) is 30.3 Å². The summed E-state index contributed by atoms with van der Waals surface area (Å²) in [5.74, 6) is 0.689. The molecule has 0 aliphatic carbocycles. The predicted molar refractivity (Wildman–Crippen MR) is 80.3 cm³/mol. The van der Waals surface area contributed by atoms with Crippen LogP contribution in [0.1, 0.15) is 5.56 Å². The monoisotopic (exact) mass is 276 g/mol. The lowest BCUT2D eigenvalue weighted by molar-refractivity contribution is 0.960. The van der Waals surface area contributed by atoms with E-state index in [1.54, 1.807) is 4.57 Å². The lowest BCUT2D eigenvalue weighted by Gasteiger charge is -2.21. The molecule has 0 saturated heterocycles. The van der Waals surface area contributed by atoms with Gasteiger partial charge < -0.3 is 4.90 Å². The van der Waals surface area contributed by atoms with Gasteiger partial charge in [-0.05, 0) is 30.2 Å². The molecule has 1 aromatic heterocycles. The first-order valence-corrected chi connectivity index (χ1v) is 7.01. The number of anilines is 2. The van der Waals surface area contributed by atoms with Gasteiger partial charge in [0.15, 0.2) is 5.82 Å². The van der Waals surface area contributed by atoms with Crippen LogP contribution in [0.15, 0.2) is 47.3 Å². The van der Waals surface area contributed by atoms with Crippen molar-refractivity contribution < 1.29 is 0 Å². The second-order valence-electron chi connectivity index (χ2n) is 5.39. The zero-order chi connectivity index (χ0) is 14.0. The molecular weight excluding hydrogens is 264 g/mol. The Hall–Kier alpha value is -2.82. The highest BCUT2D eigenvalue weighted by molar-refractivity contribution is 5.89. The Labute approximate surface area is 120 Å². The van der Waals surface area contributed by atoms with Gasteiger partial charge in [0.25, 0.3) is 0 Å². The van der Waals surface area contributed by atoms with Crippen LogP contribution in [0, 0.1) is 0 Å². The highest BCUT2D eigenvalue weighted by Gasteiger charge is 2.31. The van der Waals surface area contributed by atoms with E-state index in [-0.39, 0.29) is 5.69 Å². The summed E-state index contributed by atoms with van der Waals surface area (Å²) in [4.78, 5) is 14.5. The molecular formula is C16H12N4O. The van der Waals surface area contributed by atoms with Gasteiger partial charge in [0.2, 0.25) is 0 Å². The lowest BCUT2D eigenvalue weighted by atomic mass is 10.1. The molecule has 3 aromatic rings. The molecule has 21 heavy (non-hydrogen) atoms. The minimum absolute atomic E-state index is 0.198. The van der Waals surface area contributed by atoms with Crippen molar-refractivity contribution in [2.24, 2.45) is 0 Å². The lowest BCUT2D eigenvalue weighted by Crippen LogP contribution is -2.18. The van der Waals surface area contributed by atoms with Gasteiger partial charge in [-0.25, -0.2) is 14.5 Å². The molecule has 5 heteroatoms. The summed E-state index contributed by atoms with van der Waals surface area (Å²) in [5.41, 5.74) is 5.26. The van der Waals surface area contributed by atoms with Crippen molar-refractivity contribution in [2.75, 3.05) is 11.4 Å². The molecule has 5 rings (SSSR count). The fourth-order valence-corrected chi connectivity index (χ4v) is 3.46. The summed E-state index contributed by atoms with van der Waals surface area (Å²) in [6, 6.07) is 14.2. The van der Waals surface area contributed by atoms with E-state index in [4.69, 9.17) is 0 Å². The van der Waals surface area contributed by atoms with Gasteiger partial charge in [-0.3, -0.25) is 0 Å². The van der Waals surface area contributed by atoms with E-state index in [1.165, 1.54) is 11.3 Å². The standard InChI is InChI=1S/C16H12N4O/c21-16-18-17-15-11-5-3-4-10-8-9-19(14(10)11)12-6-1-2-7-13(12)20(15)16/h1-7H,8-9H2,(H,18,21). The van der Waals surface area contributed by atoms with Gasteiger partial charge in [0, 0.05) is 12.1 Å². The fourth-order valence-electron chi connectivity index (χ4n) is 3.46. The third-order valence-electron chi connectivity index (χ3n) is 4.32. The number of fused-ring (bicyclic) bond motifs is 5. The van der Waals surface area contributed by atoms with Crippen LogP contribution in [0.4, 0.5) is 11.4 Å². The van der Waals surface area contributed by atoms with E-state index < -0.39 is 0 Å². The Morgan fingerprint density at radius 3 is 2.81 bits per heavy atom. The smallest absolute Gasteiger partial charge is 0.339 e. The number of aromatic nitrogens is 3. The van der Waals surface area contributed by atoms with E-state index in [9.17, 15) is 4.79 Å². The zero-order valence-electron chi connectivity index (χ0n) is 11.2. The van der Waals surface area contributed by atoms with Gasteiger partial charge in [0.1, 0.15) is 0 Å². The summed E-state index contributed by atoms with van der Waals surface area (Å²) < 4.78 is 1.67. The van der Waals surface area contributed by atoms with Crippen molar-refractivity contribution in [3.8, 4) is 17.1 Å². The molecule has 0 atom stereocenters. The SMILES string of the molecule is O=c1[nH]nc2n1-c1ccccc1N1CCc3cccc-2c31. The normalized spacial score (nSPS) is 14.4. The summed E-state index contributed by atoms with van der Waals surface area (Å²) in [6.07, 6.45) is 1.02. The second kappa shape index (κ2) is 3.63. The molecule has 0 fully saturated rings.